The molecular weight excluding hydrogens is 266 g/mol. The summed E-state index contributed by atoms with van der Waals surface area (Å²) < 4.78 is 10.6. The van der Waals surface area contributed by atoms with Crippen molar-refractivity contribution in [2.75, 3.05) is 18.9 Å². The molecule has 0 fully saturated rings. The highest BCUT2D eigenvalue weighted by Crippen LogP contribution is 2.13. The average Bonchev–Trinajstić information content (AvgIpc) is 2.50. The van der Waals surface area contributed by atoms with E-state index in [0.717, 1.165) is 12.0 Å². The van der Waals surface area contributed by atoms with E-state index in [4.69, 9.17) is 15.2 Å². The van der Waals surface area contributed by atoms with E-state index in [-0.39, 0.29) is 12.4 Å². The Kier molecular flexibility index (Phi) is 5.64. The lowest BCUT2D eigenvalue weighted by Crippen LogP contribution is -2.11. The highest BCUT2D eigenvalue weighted by Gasteiger charge is 2.03. The molecule has 2 aromatic rings. The van der Waals surface area contributed by atoms with E-state index in [2.05, 4.69) is 0 Å². The van der Waals surface area contributed by atoms with E-state index in [9.17, 15) is 4.79 Å². The summed E-state index contributed by atoms with van der Waals surface area (Å²) in [6, 6.07) is 17.0. The number of carbonyl (C=O) groups is 1. The Hall–Kier alpha value is -2.49. The molecule has 0 amide bonds. The van der Waals surface area contributed by atoms with Gasteiger partial charge >= 0.3 is 5.97 Å². The molecule has 2 rings (SSSR count). The van der Waals surface area contributed by atoms with Gasteiger partial charge in [-0.05, 0) is 29.8 Å². The van der Waals surface area contributed by atoms with Gasteiger partial charge in [0.15, 0.2) is 0 Å². The van der Waals surface area contributed by atoms with E-state index >= 15 is 0 Å². The van der Waals surface area contributed by atoms with Crippen LogP contribution in [0.3, 0.4) is 0 Å². The van der Waals surface area contributed by atoms with Crippen molar-refractivity contribution in [2.24, 2.45) is 0 Å². The van der Waals surface area contributed by atoms with Crippen LogP contribution in [0.2, 0.25) is 0 Å². The monoisotopic (exact) mass is 285 g/mol. The average molecular weight is 285 g/mol. The highest BCUT2D eigenvalue weighted by atomic mass is 16.5. The predicted molar refractivity (Wildman–Crippen MR) is 82.1 cm³/mol. The molecule has 0 aliphatic heterocycles. The molecule has 4 heteroatoms. The van der Waals surface area contributed by atoms with Gasteiger partial charge in [-0.3, -0.25) is 4.79 Å². The maximum atomic E-state index is 11.6. The third-order valence-electron chi connectivity index (χ3n) is 2.95. The lowest BCUT2D eigenvalue weighted by Gasteiger charge is -2.07. The van der Waals surface area contributed by atoms with E-state index in [0.29, 0.717) is 24.7 Å². The molecule has 0 heterocycles. The molecule has 0 aliphatic rings. The summed E-state index contributed by atoms with van der Waals surface area (Å²) in [5.41, 5.74) is 7.42. The van der Waals surface area contributed by atoms with Crippen LogP contribution in [0.25, 0.3) is 0 Å². The zero-order valence-corrected chi connectivity index (χ0v) is 11.8. The minimum atomic E-state index is -0.249. The van der Waals surface area contributed by atoms with Gasteiger partial charge in [-0.15, -0.1) is 0 Å². The van der Waals surface area contributed by atoms with Gasteiger partial charge in [0.05, 0.1) is 19.6 Å². The first-order chi connectivity index (χ1) is 10.2. The number of anilines is 1. The fourth-order valence-corrected chi connectivity index (χ4v) is 1.82. The van der Waals surface area contributed by atoms with Crippen molar-refractivity contribution in [1.29, 1.82) is 0 Å². The zero-order valence-electron chi connectivity index (χ0n) is 11.8. The summed E-state index contributed by atoms with van der Waals surface area (Å²) in [6.07, 6.45) is 0.963. The smallest absolute Gasteiger partial charge is 0.309 e. The van der Waals surface area contributed by atoms with E-state index < -0.39 is 0 Å². The van der Waals surface area contributed by atoms with Crippen molar-refractivity contribution in [3.05, 3.63) is 60.2 Å². The Labute approximate surface area is 124 Å². The summed E-state index contributed by atoms with van der Waals surface area (Å²) in [5.74, 6) is 0.447. The summed E-state index contributed by atoms with van der Waals surface area (Å²) in [6.45, 7) is 0.693. The lowest BCUT2D eigenvalue weighted by molar-refractivity contribution is -0.144. The predicted octanol–water partition coefficient (Wildman–Crippen LogP) is 2.82. The van der Waals surface area contributed by atoms with Crippen molar-refractivity contribution in [3.8, 4) is 5.75 Å². The minimum Gasteiger partial charge on any atom is -0.493 e. The van der Waals surface area contributed by atoms with Gasteiger partial charge in [0.2, 0.25) is 0 Å². The molecule has 0 atom stereocenters. The first kappa shape index (κ1) is 14.9. The van der Waals surface area contributed by atoms with E-state index in [1.54, 1.807) is 24.3 Å². The number of benzene rings is 2. The molecule has 0 aliphatic carbocycles. The van der Waals surface area contributed by atoms with Gasteiger partial charge in [0.25, 0.3) is 0 Å². The number of rotatable bonds is 7. The normalized spacial score (nSPS) is 10.1. The number of nitrogen functional groups attached to an aromatic ring is 1. The number of hydrogen-bond donors (Lipinski definition) is 1. The van der Waals surface area contributed by atoms with Crippen molar-refractivity contribution in [1.82, 2.24) is 0 Å². The number of nitrogens with two attached hydrogens (primary N) is 1. The van der Waals surface area contributed by atoms with Crippen molar-refractivity contribution < 1.29 is 14.3 Å². The van der Waals surface area contributed by atoms with Gasteiger partial charge in [-0.25, -0.2) is 0 Å². The third kappa shape index (κ3) is 5.57. The topological polar surface area (TPSA) is 61.5 Å². The van der Waals surface area contributed by atoms with Crippen LogP contribution in [0.1, 0.15) is 12.0 Å². The second kappa shape index (κ2) is 7.94. The Morgan fingerprint density at radius 2 is 1.67 bits per heavy atom. The van der Waals surface area contributed by atoms with Crippen molar-refractivity contribution >= 4 is 11.7 Å². The van der Waals surface area contributed by atoms with Crippen molar-refractivity contribution in [3.63, 3.8) is 0 Å². The molecule has 0 unspecified atom stereocenters. The first-order valence-corrected chi connectivity index (χ1v) is 6.92. The van der Waals surface area contributed by atoms with Gasteiger partial charge in [0.1, 0.15) is 5.75 Å². The van der Waals surface area contributed by atoms with Crippen LogP contribution in [0.15, 0.2) is 54.6 Å². The van der Waals surface area contributed by atoms with Gasteiger partial charge in [-0.1, -0.05) is 30.3 Å². The second-order valence-corrected chi connectivity index (χ2v) is 4.62. The number of ether oxygens (including phenoxy) is 2. The molecule has 0 radical (unpaired) electrons. The molecule has 21 heavy (non-hydrogen) atoms. The Morgan fingerprint density at radius 1 is 0.952 bits per heavy atom. The first-order valence-electron chi connectivity index (χ1n) is 6.92. The van der Waals surface area contributed by atoms with Gasteiger partial charge in [0, 0.05) is 12.1 Å². The summed E-state index contributed by atoms with van der Waals surface area (Å²) in [4.78, 5) is 11.6. The van der Waals surface area contributed by atoms with Crippen LogP contribution in [-0.4, -0.2) is 19.2 Å². The molecular formula is C17H19NO3. The molecule has 0 spiro atoms. The Balaban J connectivity index is 1.60. The SMILES string of the molecule is Nc1ccc(OCCC(=O)OCCc2ccccc2)cc1. The maximum absolute atomic E-state index is 11.6. The molecule has 2 N–H and O–H groups in total. The number of hydrogen-bond acceptors (Lipinski definition) is 4. The second-order valence-electron chi connectivity index (χ2n) is 4.62. The van der Waals surface area contributed by atoms with E-state index in [1.807, 2.05) is 30.3 Å². The van der Waals surface area contributed by atoms with Crippen LogP contribution in [0, 0.1) is 0 Å². The fraction of sp³-hybridized carbons (Fsp3) is 0.235. The molecule has 0 aromatic heterocycles. The van der Waals surface area contributed by atoms with Gasteiger partial charge < -0.3 is 15.2 Å². The number of carbonyl (C=O) groups excluding carboxylic acids is 1. The quantitative estimate of drug-likeness (QED) is 0.627. The molecule has 4 nitrogen and oxygen atoms in total. The lowest BCUT2D eigenvalue weighted by atomic mass is 10.2. The third-order valence-corrected chi connectivity index (χ3v) is 2.95. The summed E-state index contributed by atoms with van der Waals surface area (Å²) >= 11 is 0. The summed E-state index contributed by atoms with van der Waals surface area (Å²) in [7, 11) is 0. The van der Waals surface area contributed by atoms with Crippen LogP contribution in [-0.2, 0) is 16.0 Å². The standard InChI is InChI=1S/C17H19NO3/c18-15-6-8-16(9-7-15)20-13-11-17(19)21-12-10-14-4-2-1-3-5-14/h1-9H,10-13,18H2. The Morgan fingerprint density at radius 3 is 2.38 bits per heavy atom. The summed E-state index contributed by atoms with van der Waals surface area (Å²) in [5, 5.41) is 0. The molecule has 110 valence electrons. The molecule has 0 bridgehead atoms. The minimum absolute atomic E-state index is 0.235. The molecule has 0 saturated carbocycles. The molecule has 2 aromatic carbocycles. The van der Waals surface area contributed by atoms with Crippen LogP contribution < -0.4 is 10.5 Å². The largest absolute Gasteiger partial charge is 0.493 e. The number of esters is 1. The maximum Gasteiger partial charge on any atom is 0.309 e. The van der Waals surface area contributed by atoms with Crippen LogP contribution in [0.4, 0.5) is 5.69 Å². The van der Waals surface area contributed by atoms with Crippen molar-refractivity contribution in [2.45, 2.75) is 12.8 Å². The van der Waals surface area contributed by atoms with Gasteiger partial charge in [-0.2, -0.15) is 0 Å². The van der Waals surface area contributed by atoms with Crippen LogP contribution >= 0.6 is 0 Å². The highest BCUT2D eigenvalue weighted by molar-refractivity contribution is 5.69. The van der Waals surface area contributed by atoms with Crippen LogP contribution in [0.5, 0.6) is 5.75 Å². The molecule has 0 saturated heterocycles. The van der Waals surface area contributed by atoms with E-state index in [1.165, 1.54) is 0 Å². The fourth-order valence-electron chi connectivity index (χ4n) is 1.82. The Bertz CT molecular complexity index is 552. The zero-order chi connectivity index (χ0) is 14.9.